The first-order valence-corrected chi connectivity index (χ1v) is 5.12. The summed E-state index contributed by atoms with van der Waals surface area (Å²) in [6, 6.07) is 1.61. The van der Waals surface area contributed by atoms with Crippen molar-refractivity contribution in [3.05, 3.63) is 38.2 Å². The molecule has 0 amide bonds. The summed E-state index contributed by atoms with van der Waals surface area (Å²) in [7, 11) is 0. The quantitative estimate of drug-likeness (QED) is 0.625. The van der Waals surface area contributed by atoms with Crippen LogP contribution in [-0.2, 0) is 0 Å². The van der Waals surface area contributed by atoms with Crippen LogP contribution in [0.4, 0.5) is 5.95 Å². The summed E-state index contributed by atoms with van der Waals surface area (Å²) in [4.78, 5) is 17.2. The highest BCUT2D eigenvalue weighted by atomic mass is 79.9. The molecule has 2 aromatic rings. The zero-order chi connectivity index (χ0) is 11.7. The lowest BCUT2D eigenvalue weighted by Crippen LogP contribution is -2.00. The molecule has 0 fully saturated rings. The summed E-state index contributed by atoms with van der Waals surface area (Å²) in [5.41, 5.74) is 0. The minimum Gasteiger partial charge on any atom is -0.390 e. The van der Waals surface area contributed by atoms with Crippen molar-refractivity contribution in [3.63, 3.8) is 0 Å². The zero-order valence-electron chi connectivity index (χ0n) is 7.54. The Labute approximate surface area is 102 Å². The van der Waals surface area contributed by atoms with Crippen molar-refractivity contribution in [2.75, 3.05) is 0 Å². The normalized spacial score (nSPS) is 10.4. The van der Waals surface area contributed by atoms with Crippen LogP contribution in [0.1, 0.15) is 0 Å². The van der Waals surface area contributed by atoms with E-state index < -0.39 is 10.9 Å². The standard InChI is InChI=1S/C7H3BrClN5O2/c8-5-1-4(9)2-10-6(5)13-3-11-7(12-13)14(15)16/h1-3H. The van der Waals surface area contributed by atoms with Crippen molar-refractivity contribution in [2.24, 2.45) is 0 Å². The molecule has 0 atom stereocenters. The molecule has 0 radical (unpaired) electrons. The second kappa shape index (κ2) is 4.14. The largest absolute Gasteiger partial charge is 0.491 e. The molecule has 0 aromatic carbocycles. The monoisotopic (exact) mass is 303 g/mol. The summed E-state index contributed by atoms with van der Waals surface area (Å²) >= 11 is 8.94. The van der Waals surface area contributed by atoms with Gasteiger partial charge in [0.1, 0.15) is 0 Å². The summed E-state index contributed by atoms with van der Waals surface area (Å²) in [5, 5.41) is 14.5. The van der Waals surface area contributed by atoms with Crippen molar-refractivity contribution in [3.8, 4) is 5.82 Å². The molecule has 0 unspecified atom stereocenters. The fourth-order valence-electron chi connectivity index (χ4n) is 1.02. The van der Waals surface area contributed by atoms with E-state index in [2.05, 4.69) is 31.0 Å². The van der Waals surface area contributed by atoms with Crippen LogP contribution in [0.15, 0.2) is 23.1 Å². The van der Waals surface area contributed by atoms with Gasteiger partial charge < -0.3 is 10.1 Å². The number of aromatic nitrogens is 4. The van der Waals surface area contributed by atoms with Gasteiger partial charge >= 0.3 is 5.95 Å². The second-order valence-electron chi connectivity index (χ2n) is 2.71. The summed E-state index contributed by atoms with van der Waals surface area (Å²) < 4.78 is 1.76. The molecule has 0 aliphatic rings. The smallest absolute Gasteiger partial charge is 0.390 e. The fraction of sp³-hybridized carbons (Fsp3) is 0. The van der Waals surface area contributed by atoms with Crippen molar-refractivity contribution >= 4 is 33.5 Å². The van der Waals surface area contributed by atoms with E-state index in [1.165, 1.54) is 17.2 Å². The van der Waals surface area contributed by atoms with Crippen LogP contribution in [0.2, 0.25) is 5.02 Å². The number of nitrogens with zero attached hydrogens (tertiary/aromatic N) is 5. The third-order valence-electron chi connectivity index (χ3n) is 1.65. The van der Waals surface area contributed by atoms with E-state index in [1.54, 1.807) is 6.07 Å². The number of nitro groups is 1. The van der Waals surface area contributed by atoms with Gasteiger partial charge in [-0.15, -0.1) is 4.68 Å². The minimum atomic E-state index is -0.680. The average molecular weight is 304 g/mol. The predicted octanol–water partition coefficient (Wildman–Crippen LogP) is 1.99. The Morgan fingerprint density at radius 1 is 1.50 bits per heavy atom. The van der Waals surface area contributed by atoms with Gasteiger partial charge in [0.15, 0.2) is 5.82 Å². The van der Waals surface area contributed by atoms with Crippen LogP contribution in [0.25, 0.3) is 5.82 Å². The van der Waals surface area contributed by atoms with Gasteiger partial charge in [-0.25, -0.2) is 4.98 Å². The zero-order valence-corrected chi connectivity index (χ0v) is 9.88. The van der Waals surface area contributed by atoms with Gasteiger partial charge in [0.25, 0.3) is 0 Å². The molecule has 0 saturated heterocycles. The Balaban J connectivity index is 2.46. The molecule has 9 heteroatoms. The number of hydrogen-bond acceptors (Lipinski definition) is 5. The molecule has 2 rings (SSSR count). The van der Waals surface area contributed by atoms with Crippen LogP contribution in [0, 0.1) is 10.1 Å². The van der Waals surface area contributed by atoms with E-state index in [1.807, 2.05) is 0 Å². The minimum absolute atomic E-state index is 0.380. The lowest BCUT2D eigenvalue weighted by atomic mass is 10.5. The van der Waals surface area contributed by atoms with Gasteiger partial charge in [0.2, 0.25) is 6.33 Å². The van der Waals surface area contributed by atoms with E-state index in [9.17, 15) is 10.1 Å². The lowest BCUT2D eigenvalue weighted by molar-refractivity contribution is -0.394. The van der Waals surface area contributed by atoms with Gasteiger partial charge in [-0.05, 0) is 26.9 Å². The number of rotatable bonds is 2. The molecule has 0 aliphatic heterocycles. The van der Waals surface area contributed by atoms with E-state index in [-0.39, 0.29) is 0 Å². The Morgan fingerprint density at radius 2 is 2.25 bits per heavy atom. The molecule has 0 spiro atoms. The van der Waals surface area contributed by atoms with Crippen LogP contribution in [0.3, 0.4) is 0 Å². The molecule has 7 nitrogen and oxygen atoms in total. The Hall–Kier alpha value is -1.54. The number of pyridine rings is 1. The van der Waals surface area contributed by atoms with Crippen molar-refractivity contribution in [1.82, 2.24) is 19.7 Å². The van der Waals surface area contributed by atoms with Crippen molar-refractivity contribution in [2.45, 2.75) is 0 Å². The third kappa shape index (κ3) is 2.02. The molecule has 2 aromatic heterocycles. The van der Waals surface area contributed by atoms with Crippen LogP contribution in [-0.4, -0.2) is 24.7 Å². The molecular formula is C7H3BrClN5O2. The van der Waals surface area contributed by atoms with Crippen LogP contribution < -0.4 is 0 Å². The van der Waals surface area contributed by atoms with Gasteiger partial charge in [-0.1, -0.05) is 16.6 Å². The van der Waals surface area contributed by atoms with Gasteiger partial charge in [-0.3, -0.25) is 0 Å². The highest BCUT2D eigenvalue weighted by Crippen LogP contribution is 2.21. The molecular weight excluding hydrogens is 301 g/mol. The predicted molar refractivity (Wildman–Crippen MR) is 58.5 cm³/mol. The third-order valence-corrected chi connectivity index (χ3v) is 2.44. The maximum Gasteiger partial charge on any atom is 0.491 e. The average Bonchev–Trinajstić information content (AvgIpc) is 2.66. The van der Waals surface area contributed by atoms with E-state index >= 15 is 0 Å². The first kappa shape index (κ1) is 11.0. The second-order valence-corrected chi connectivity index (χ2v) is 4.00. The fourth-order valence-corrected chi connectivity index (χ4v) is 1.84. The highest BCUT2D eigenvalue weighted by molar-refractivity contribution is 9.10. The SMILES string of the molecule is O=[N+]([O-])c1ncn(-c2ncc(Cl)cc2Br)n1. The van der Waals surface area contributed by atoms with Crippen molar-refractivity contribution in [1.29, 1.82) is 0 Å². The maximum atomic E-state index is 10.4. The molecule has 0 saturated carbocycles. The Kier molecular flexibility index (Phi) is 2.84. The van der Waals surface area contributed by atoms with E-state index in [0.717, 1.165) is 0 Å². The highest BCUT2D eigenvalue weighted by Gasteiger charge is 2.16. The number of hydrogen-bond donors (Lipinski definition) is 0. The van der Waals surface area contributed by atoms with Gasteiger partial charge in [-0.2, -0.15) is 0 Å². The first-order chi connectivity index (χ1) is 7.58. The maximum absolute atomic E-state index is 10.4. The van der Waals surface area contributed by atoms with Gasteiger partial charge in [0, 0.05) is 11.3 Å². The molecule has 2 heterocycles. The van der Waals surface area contributed by atoms with E-state index in [0.29, 0.717) is 15.3 Å². The molecule has 16 heavy (non-hydrogen) atoms. The van der Waals surface area contributed by atoms with Crippen LogP contribution >= 0.6 is 27.5 Å². The van der Waals surface area contributed by atoms with Crippen molar-refractivity contribution < 1.29 is 4.92 Å². The molecule has 0 bridgehead atoms. The van der Waals surface area contributed by atoms with E-state index in [4.69, 9.17) is 11.6 Å². The lowest BCUT2D eigenvalue weighted by Gasteiger charge is -1.98. The molecule has 0 aliphatic carbocycles. The summed E-state index contributed by atoms with van der Waals surface area (Å²) in [6.07, 6.45) is 2.62. The number of halogens is 2. The summed E-state index contributed by atoms with van der Waals surface area (Å²) in [5.74, 6) is -0.103. The first-order valence-electron chi connectivity index (χ1n) is 3.95. The summed E-state index contributed by atoms with van der Waals surface area (Å²) in [6.45, 7) is 0. The molecule has 0 N–H and O–H groups in total. The Morgan fingerprint density at radius 3 is 2.81 bits per heavy atom. The Bertz CT molecular complexity index is 557. The molecule has 82 valence electrons. The van der Waals surface area contributed by atoms with Crippen LogP contribution in [0.5, 0.6) is 0 Å². The van der Waals surface area contributed by atoms with Gasteiger partial charge in [0.05, 0.1) is 9.50 Å². The topological polar surface area (TPSA) is 86.7 Å².